The molecule has 0 spiro atoms. The van der Waals surface area contributed by atoms with Crippen molar-refractivity contribution in [2.24, 2.45) is 5.92 Å². The number of nitrogens with zero attached hydrogens (tertiary/aromatic N) is 2. The van der Waals surface area contributed by atoms with E-state index < -0.39 is 0 Å². The molecule has 1 aromatic carbocycles. The first kappa shape index (κ1) is 14.3. The quantitative estimate of drug-likeness (QED) is 0.629. The van der Waals surface area contributed by atoms with Gasteiger partial charge in [0.25, 0.3) is 5.69 Å². The van der Waals surface area contributed by atoms with Crippen LogP contribution in [-0.4, -0.2) is 31.7 Å². The molecule has 2 rings (SSSR count). The highest BCUT2D eigenvalue weighted by Crippen LogP contribution is 2.31. The van der Waals surface area contributed by atoms with Crippen molar-refractivity contribution in [1.82, 2.24) is 0 Å². The molecule has 104 valence electrons. The van der Waals surface area contributed by atoms with Crippen LogP contribution in [0.1, 0.15) is 12.8 Å². The Kier molecular flexibility index (Phi) is 4.76. The monoisotopic (exact) mass is 328 g/mol. The van der Waals surface area contributed by atoms with Gasteiger partial charge in [-0.2, -0.15) is 0 Å². The average Bonchev–Trinajstić information content (AvgIpc) is 2.39. The Morgan fingerprint density at radius 2 is 2.16 bits per heavy atom. The van der Waals surface area contributed by atoms with Gasteiger partial charge in [-0.15, -0.1) is 0 Å². The molecule has 0 bridgehead atoms. The minimum Gasteiger partial charge on any atom is -0.381 e. The van der Waals surface area contributed by atoms with E-state index in [1.165, 1.54) is 0 Å². The van der Waals surface area contributed by atoms with Crippen molar-refractivity contribution < 1.29 is 9.66 Å². The number of ether oxygens (including phenoxy) is 1. The van der Waals surface area contributed by atoms with E-state index in [0.717, 1.165) is 37.1 Å². The van der Waals surface area contributed by atoms with E-state index in [2.05, 4.69) is 15.9 Å². The van der Waals surface area contributed by atoms with Crippen molar-refractivity contribution in [3.8, 4) is 0 Å². The lowest BCUT2D eigenvalue weighted by Crippen LogP contribution is -2.29. The first-order valence-electron chi connectivity index (χ1n) is 6.30. The molecule has 1 aliphatic heterocycles. The first-order chi connectivity index (χ1) is 9.08. The maximum Gasteiger partial charge on any atom is 0.293 e. The highest BCUT2D eigenvalue weighted by molar-refractivity contribution is 9.10. The molecule has 0 aromatic heterocycles. The van der Waals surface area contributed by atoms with E-state index >= 15 is 0 Å². The predicted molar refractivity (Wildman–Crippen MR) is 77.6 cm³/mol. The number of halogens is 1. The Hall–Kier alpha value is -1.14. The van der Waals surface area contributed by atoms with Gasteiger partial charge in [0.2, 0.25) is 0 Å². The minimum atomic E-state index is -0.333. The Morgan fingerprint density at radius 1 is 1.47 bits per heavy atom. The molecule has 0 saturated carbocycles. The van der Waals surface area contributed by atoms with E-state index in [1.54, 1.807) is 12.1 Å². The highest BCUT2D eigenvalue weighted by Gasteiger charge is 2.21. The SMILES string of the molecule is CN(CC1CCOCC1)c1ccc(Br)cc1[N+](=O)[O-]. The summed E-state index contributed by atoms with van der Waals surface area (Å²) in [5.74, 6) is 0.544. The highest BCUT2D eigenvalue weighted by atomic mass is 79.9. The van der Waals surface area contributed by atoms with E-state index in [9.17, 15) is 10.1 Å². The smallest absolute Gasteiger partial charge is 0.293 e. The maximum atomic E-state index is 11.1. The van der Waals surface area contributed by atoms with Crippen LogP contribution in [0.3, 0.4) is 0 Å². The third-order valence-electron chi connectivity index (χ3n) is 3.42. The van der Waals surface area contributed by atoms with Gasteiger partial charge in [0.05, 0.1) is 4.92 Å². The van der Waals surface area contributed by atoms with Gasteiger partial charge >= 0.3 is 0 Å². The molecule has 6 heteroatoms. The Balaban J connectivity index is 2.13. The molecule has 0 radical (unpaired) electrons. The molecule has 0 unspecified atom stereocenters. The lowest BCUT2D eigenvalue weighted by atomic mass is 9.99. The summed E-state index contributed by atoms with van der Waals surface area (Å²) < 4.78 is 6.06. The topological polar surface area (TPSA) is 55.6 Å². The van der Waals surface area contributed by atoms with Crippen molar-refractivity contribution in [1.29, 1.82) is 0 Å². The van der Waals surface area contributed by atoms with E-state index in [1.807, 2.05) is 18.0 Å². The number of benzene rings is 1. The van der Waals surface area contributed by atoms with Crippen LogP contribution in [0.2, 0.25) is 0 Å². The fraction of sp³-hybridized carbons (Fsp3) is 0.538. The van der Waals surface area contributed by atoms with E-state index in [4.69, 9.17) is 4.74 Å². The summed E-state index contributed by atoms with van der Waals surface area (Å²) in [5, 5.41) is 11.1. The molecule has 0 atom stereocenters. The second-order valence-corrected chi connectivity index (χ2v) is 5.74. The summed E-state index contributed by atoms with van der Waals surface area (Å²) in [6, 6.07) is 5.18. The Labute approximate surface area is 120 Å². The minimum absolute atomic E-state index is 0.143. The van der Waals surface area contributed by atoms with Crippen LogP contribution in [0.4, 0.5) is 11.4 Å². The zero-order valence-electron chi connectivity index (χ0n) is 10.8. The largest absolute Gasteiger partial charge is 0.381 e. The number of nitro groups is 1. The molecule has 0 amide bonds. The van der Waals surface area contributed by atoms with Crippen LogP contribution in [0, 0.1) is 16.0 Å². The van der Waals surface area contributed by atoms with Crippen LogP contribution < -0.4 is 4.90 Å². The number of hydrogen-bond acceptors (Lipinski definition) is 4. The standard InChI is InChI=1S/C13H17BrN2O3/c1-15(9-10-4-6-19-7-5-10)12-3-2-11(14)8-13(12)16(17)18/h2-3,8,10H,4-7,9H2,1H3. The molecular formula is C13H17BrN2O3. The van der Waals surface area contributed by atoms with Gasteiger partial charge in [-0.3, -0.25) is 10.1 Å². The van der Waals surface area contributed by atoms with Crippen LogP contribution >= 0.6 is 15.9 Å². The lowest BCUT2D eigenvalue weighted by Gasteiger charge is -2.28. The third-order valence-corrected chi connectivity index (χ3v) is 3.91. The summed E-state index contributed by atoms with van der Waals surface area (Å²) in [6.07, 6.45) is 2.04. The molecule has 1 saturated heterocycles. The van der Waals surface area contributed by atoms with Gasteiger partial charge < -0.3 is 9.64 Å². The van der Waals surface area contributed by atoms with E-state index in [-0.39, 0.29) is 10.6 Å². The summed E-state index contributed by atoms with van der Waals surface area (Å²) in [6.45, 7) is 2.41. The van der Waals surface area contributed by atoms with Gasteiger partial charge in [0, 0.05) is 37.3 Å². The van der Waals surface area contributed by atoms with Gasteiger partial charge in [-0.05, 0) is 30.9 Å². The summed E-state index contributed by atoms with van der Waals surface area (Å²) in [5.41, 5.74) is 0.809. The fourth-order valence-corrected chi connectivity index (χ4v) is 2.73. The molecule has 1 heterocycles. The van der Waals surface area contributed by atoms with Crippen LogP contribution in [0.15, 0.2) is 22.7 Å². The van der Waals surface area contributed by atoms with Crippen molar-refractivity contribution in [2.45, 2.75) is 12.8 Å². The first-order valence-corrected chi connectivity index (χ1v) is 7.10. The molecule has 1 aromatic rings. The number of nitro benzene ring substituents is 1. The van der Waals surface area contributed by atoms with Crippen LogP contribution in [0.25, 0.3) is 0 Å². The third kappa shape index (κ3) is 3.67. The van der Waals surface area contributed by atoms with E-state index in [0.29, 0.717) is 11.6 Å². The normalized spacial score (nSPS) is 16.3. The molecule has 0 aliphatic carbocycles. The van der Waals surface area contributed by atoms with Crippen LogP contribution in [-0.2, 0) is 4.74 Å². The Bertz CT molecular complexity index is 461. The number of anilines is 1. The maximum absolute atomic E-state index is 11.1. The van der Waals surface area contributed by atoms with Crippen molar-refractivity contribution in [3.05, 3.63) is 32.8 Å². The predicted octanol–water partition coefficient (Wildman–Crippen LogP) is 3.22. The van der Waals surface area contributed by atoms with Crippen molar-refractivity contribution >= 4 is 27.3 Å². The summed E-state index contributed by atoms with van der Waals surface area (Å²) >= 11 is 3.27. The van der Waals surface area contributed by atoms with Crippen molar-refractivity contribution in [3.63, 3.8) is 0 Å². The molecule has 1 aliphatic rings. The van der Waals surface area contributed by atoms with Gasteiger partial charge in [-0.25, -0.2) is 0 Å². The molecule has 5 nitrogen and oxygen atoms in total. The molecular weight excluding hydrogens is 312 g/mol. The Morgan fingerprint density at radius 3 is 2.79 bits per heavy atom. The molecule has 0 N–H and O–H groups in total. The number of hydrogen-bond donors (Lipinski definition) is 0. The second kappa shape index (κ2) is 6.34. The van der Waals surface area contributed by atoms with Crippen molar-refractivity contribution in [2.75, 3.05) is 31.7 Å². The molecule has 1 fully saturated rings. The fourth-order valence-electron chi connectivity index (χ4n) is 2.38. The van der Waals surface area contributed by atoms with Gasteiger partial charge in [0.15, 0.2) is 0 Å². The van der Waals surface area contributed by atoms with Crippen LogP contribution in [0.5, 0.6) is 0 Å². The van der Waals surface area contributed by atoms with Gasteiger partial charge in [-0.1, -0.05) is 15.9 Å². The zero-order chi connectivity index (χ0) is 13.8. The summed E-state index contributed by atoms with van der Waals surface area (Å²) in [7, 11) is 1.91. The lowest BCUT2D eigenvalue weighted by molar-refractivity contribution is -0.384. The average molecular weight is 329 g/mol. The van der Waals surface area contributed by atoms with Gasteiger partial charge in [0.1, 0.15) is 5.69 Å². The second-order valence-electron chi connectivity index (χ2n) is 4.83. The molecule has 19 heavy (non-hydrogen) atoms. The number of rotatable bonds is 4. The summed E-state index contributed by atoms with van der Waals surface area (Å²) in [4.78, 5) is 12.7. The zero-order valence-corrected chi connectivity index (χ0v) is 12.4.